The number of amides is 1. The van der Waals surface area contributed by atoms with Crippen molar-refractivity contribution in [2.24, 2.45) is 0 Å². The summed E-state index contributed by atoms with van der Waals surface area (Å²) in [6.45, 7) is 2.45. The molecule has 1 aromatic rings. The van der Waals surface area contributed by atoms with Crippen molar-refractivity contribution >= 4 is 11.6 Å². The van der Waals surface area contributed by atoms with Gasteiger partial charge in [0.2, 0.25) is 5.91 Å². The van der Waals surface area contributed by atoms with Crippen LogP contribution in [0.1, 0.15) is 12.0 Å². The van der Waals surface area contributed by atoms with Gasteiger partial charge in [0.25, 0.3) is 0 Å². The van der Waals surface area contributed by atoms with E-state index in [0.717, 1.165) is 11.3 Å². The van der Waals surface area contributed by atoms with Gasteiger partial charge in [-0.2, -0.15) is 0 Å². The molecule has 1 rings (SSSR count). The number of nitrogens with one attached hydrogen (secondary N) is 1. The number of methoxy groups -OCH3 is 1. The smallest absolute Gasteiger partial charge is 0.226 e. The molecule has 0 atom stereocenters. The molecule has 0 heterocycles. The molecule has 1 amide bonds. The highest BCUT2D eigenvalue weighted by Gasteiger charge is 2.00. The molecule has 0 saturated carbocycles. The van der Waals surface area contributed by atoms with Gasteiger partial charge >= 0.3 is 0 Å². The number of hydrogen-bond donors (Lipinski definition) is 1. The minimum Gasteiger partial charge on any atom is -0.384 e. The molecule has 3 heteroatoms. The van der Waals surface area contributed by atoms with E-state index in [1.54, 1.807) is 7.11 Å². The summed E-state index contributed by atoms with van der Waals surface area (Å²) in [7, 11) is 1.58. The normalized spacial score (nSPS) is 9.86. The number of hydrogen-bond acceptors (Lipinski definition) is 2. The van der Waals surface area contributed by atoms with Gasteiger partial charge in [0.1, 0.15) is 0 Å². The molecule has 76 valence electrons. The van der Waals surface area contributed by atoms with Gasteiger partial charge < -0.3 is 10.1 Å². The Balaban J connectivity index is 2.47. The SMILES string of the molecule is COCCC(=O)Nc1cccc(C)c1. The van der Waals surface area contributed by atoms with Gasteiger partial charge in [0, 0.05) is 12.8 Å². The molecule has 0 spiro atoms. The van der Waals surface area contributed by atoms with Crippen molar-refractivity contribution in [2.45, 2.75) is 13.3 Å². The molecule has 3 nitrogen and oxygen atoms in total. The van der Waals surface area contributed by atoms with Gasteiger partial charge in [-0.05, 0) is 24.6 Å². The quantitative estimate of drug-likeness (QED) is 0.794. The topological polar surface area (TPSA) is 38.3 Å². The minimum absolute atomic E-state index is 0.0162. The fraction of sp³-hybridized carbons (Fsp3) is 0.364. The standard InChI is InChI=1S/C11H15NO2/c1-9-4-3-5-10(8-9)12-11(13)6-7-14-2/h3-5,8H,6-7H2,1-2H3,(H,12,13). The fourth-order valence-corrected chi connectivity index (χ4v) is 1.14. The maximum absolute atomic E-state index is 11.3. The second-order valence-electron chi connectivity index (χ2n) is 3.16. The Hall–Kier alpha value is -1.35. The lowest BCUT2D eigenvalue weighted by molar-refractivity contribution is -0.117. The predicted octanol–water partition coefficient (Wildman–Crippen LogP) is 1.97. The molecule has 0 unspecified atom stereocenters. The summed E-state index contributed by atoms with van der Waals surface area (Å²) in [5.74, 6) is -0.0162. The average Bonchev–Trinajstić information content (AvgIpc) is 2.15. The number of carbonyl (C=O) groups is 1. The fourth-order valence-electron chi connectivity index (χ4n) is 1.14. The Kier molecular flexibility index (Phi) is 4.13. The molecule has 0 bridgehead atoms. The van der Waals surface area contributed by atoms with E-state index >= 15 is 0 Å². The zero-order chi connectivity index (χ0) is 10.4. The van der Waals surface area contributed by atoms with Crippen molar-refractivity contribution in [3.63, 3.8) is 0 Å². The van der Waals surface area contributed by atoms with Crippen molar-refractivity contribution < 1.29 is 9.53 Å². The van der Waals surface area contributed by atoms with Crippen molar-refractivity contribution in [2.75, 3.05) is 19.0 Å². The molecule has 0 radical (unpaired) electrons. The summed E-state index contributed by atoms with van der Waals surface area (Å²) in [6.07, 6.45) is 0.393. The largest absolute Gasteiger partial charge is 0.384 e. The number of carbonyl (C=O) groups excluding carboxylic acids is 1. The lowest BCUT2D eigenvalue weighted by atomic mass is 10.2. The molecule has 0 aliphatic rings. The molecular weight excluding hydrogens is 178 g/mol. The molecule has 0 aliphatic heterocycles. The van der Waals surface area contributed by atoms with Crippen LogP contribution in [-0.4, -0.2) is 19.6 Å². The van der Waals surface area contributed by atoms with Crippen molar-refractivity contribution in [1.82, 2.24) is 0 Å². The highest BCUT2D eigenvalue weighted by Crippen LogP contribution is 2.09. The van der Waals surface area contributed by atoms with Crippen LogP contribution in [0.5, 0.6) is 0 Å². The number of ether oxygens (including phenoxy) is 1. The first-order valence-corrected chi connectivity index (χ1v) is 4.58. The first-order chi connectivity index (χ1) is 6.72. The zero-order valence-corrected chi connectivity index (χ0v) is 8.54. The van der Waals surface area contributed by atoms with E-state index in [1.165, 1.54) is 0 Å². The summed E-state index contributed by atoms with van der Waals surface area (Å²) in [6, 6.07) is 7.72. The molecule has 0 fully saturated rings. The molecule has 0 aromatic heterocycles. The van der Waals surface area contributed by atoms with Crippen LogP contribution in [-0.2, 0) is 9.53 Å². The number of anilines is 1. The van der Waals surface area contributed by atoms with E-state index in [4.69, 9.17) is 4.74 Å². The Morgan fingerprint density at radius 3 is 2.93 bits per heavy atom. The highest BCUT2D eigenvalue weighted by atomic mass is 16.5. The highest BCUT2D eigenvalue weighted by molar-refractivity contribution is 5.90. The zero-order valence-electron chi connectivity index (χ0n) is 8.54. The second-order valence-corrected chi connectivity index (χ2v) is 3.16. The van der Waals surface area contributed by atoms with Crippen LogP contribution < -0.4 is 5.32 Å². The maximum Gasteiger partial charge on any atom is 0.226 e. The minimum atomic E-state index is -0.0162. The second kappa shape index (κ2) is 5.40. The number of aryl methyl sites for hydroxylation is 1. The predicted molar refractivity (Wildman–Crippen MR) is 56.3 cm³/mol. The molecule has 1 N–H and O–H groups in total. The molecule has 14 heavy (non-hydrogen) atoms. The van der Waals surface area contributed by atoms with E-state index in [-0.39, 0.29) is 5.91 Å². The average molecular weight is 193 g/mol. The summed E-state index contributed by atoms with van der Waals surface area (Å²) >= 11 is 0. The van der Waals surface area contributed by atoms with Gasteiger partial charge in [0.15, 0.2) is 0 Å². The van der Waals surface area contributed by atoms with Crippen LogP contribution in [0, 0.1) is 6.92 Å². The van der Waals surface area contributed by atoms with Crippen LogP contribution in [0.25, 0.3) is 0 Å². The van der Waals surface area contributed by atoms with Gasteiger partial charge in [-0.1, -0.05) is 12.1 Å². The van der Waals surface area contributed by atoms with Crippen LogP contribution >= 0.6 is 0 Å². The molecule has 1 aromatic carbocycles. The molecule has 0 aliphatic carbocycles. The summed E-state index contributed by atoms with van der Waals surface area (Å²) < 4.78 is 4.81. The van der Waals surface area contributed by atoms with Crippen LogP contribution in [0.15, 0.2) is 24.3 Å². The van der Waals surface area contributed by atoms with E-state index in [9.17, 15) is 4.79 Å². The van der Waals surface area contributed by atoms with Gasteiger partial charge in [-0.15, -0.1) is 0 Å². The third-order valence-corrected chi connectivity index (χ3v) is 1.84. The number of rotatable bonds is 4. The van der Waals surface area contributed by atoms with Crippen molar-refractivity contribution in [3.8, 4) is 0 Å². The Morgan fingerprint density at radius 1 is 1.50 bits per heavy atom. The van der Waals surface area contributed by atoms with E-state index in [0.29, 0.717) is 13.0 Å². The lowest BCUT2D eigenvalue weighted by Crippen LogP contribution is -2.13. The van der Waals surface area contributed by atoms with Crippen LogP contribution in [0.2, 0.25) is 0 Å². The van der Waals surface area contributed by atoms with Crippen LogP contribution in [0.4, 0.5) is 5.69 Å². The summed E-state index contributed by atoms with van der Waals surface area (Å²) in [5.41, 5.74) is 1.97. The lowest BCUT2D eigenvalue weighted by Gasteiger charge is -2.05. The third kappa shape index (κ3) is 3.58. The molecule has 0 saturated heterocycles. The maximum atomic E-state index is 11.3. The Labute approximate surface area is 84.1 Å². The van der Waals surface area contributed by atoms with E-state index < -0.39 is 0 Å². The third-order valence-electron chi connectivity index (χ3n) is 1.84. The molecular formula is C11H15NO2. The summed E-state index contributed by atoms with van der Waals surface area (Å²) in [5, 5.41) is 2.80. The van der Waals surface area contributed by atoms with Crippen molar-refractivity contribution in [1.29, 1.82) is 0 Å². The Bertz CT molecular complexity index is 310. The number of benzene rings is 1. The van der Waals surface area contributed by atoms with Gasteiger partial charge in [0.05, 0.1) is 13.0 Å². The van der Waals surface area contributed by atoms with Gasteiger partial charge in [-0.3, -0.25) is 4.79 Å². The van der Waals surface area contributed by atoms with Gasteiger partial charge in [-0.25, -0.2) is 0 Å². The van der Waals surface area contributed by atoms with E-state index in [1.807, 2.05) is 31.2 Å². The summed E-state index contributed by atoms with van der Waals surface area (Å²) in [4.78, 5) is 11.3. The van der Waals surface area contributed by atoms with Crippen molar-refractivity contribution in [3.05, 3.63) is 29.8 Å². The first-order valence-electron chi connectivity index (χ1n) is 4.58. The Morgan fingerprint density at radius 2 is 2.29 bits per heavy atom. The van der Waals surface area contributed by atoms with E-state index in [2.05, 4.69) is 5.32 Å². The van der Waals surface area contributed by atoms with Crippen LogP contribution in [0.3, 0.4) is 0 Å². The monoisotopic (exact) mass is 193 g/mol. The first kappa shape index (κ1) is 10.7.